The molecule has 0 saturated heterocycles. The molecule has 0 N–H and O–H groups in total. The highest BCUT2D eigenvalue weighted by Crippen LogP contribution is 2.14. The molecular formula is C55H96O5. The summed E-state index contributed by atoms with van der Waals surface area (Å²) >= 11 is 0. The molecule has 0 aromatic heterocycles. The predicted octanol–water partition coefficient (Wildman–Crippen LogP) is 17.1. The molecule has 0 radical (unpaired) electrons. The maximum atomic E-state index is 12.6. The molecule has 0 saturated carbocycles. The Balaban J connectivity index is 4.04. The van der Waals surface area contributed by atoms with Crippen LogP contribution in [0.3, 0.4) is 0 Å². The number of hydrogen-bond donors (Lipinski definition) is 0. The zero-order valence-corrected chi connectivity index (χ0v) is 39.7. The van der Waals surface area contributed by atoms with Crippen LogP contribution in [-0.4, -0.2) is 37.9 Å². The highest BCUT2D eigenvalue weighted by molar-refractivity contribution is 5.70. The van der Waals surface area contributed by atoms with Crippen LogP contribution in [0.2, 0.25) is 0 Å². The molecule has 1 atom stereocenters. The van der Waals surface area contributed by atoms with Gasteiger partial charge in [-0.15, -0.1) is 0 Å². The quantitative estimate of drug-likeness (QED) is 0.0347. The third-order valence-corrected chi connectivity index (χ3v) is 10.7. The summed E-state index contributed by atoms with van der Waals surface area (Å²) in [5.74, 6) is -0.425. The van der Waals surface area contributed by atoms with Crippen LogP contribution in [0.5, 0.6) is 0 Å². The molecule has 1 unspecified atom stereocenters. The summed E-state index contributed by atoms with van der Waals surface area (Å²) < 4.78 is 17.3. The molecule has 0 bridgehead atoms. The molecule has 0 aliphatic carbocycles. The Morgan fingerprint density at radius 1 is 0.383 bits per heavy atom. The lowest BCUT2D eigenvalue weighted by Gasteiger charge is -2.18. The average molecular weight is 837 g/mol. The lowest BCUT2D eigenvalue weighted by atomic mass is 10.1. The van der Waals surface area contributed by atoms with E-state index in [1.807, 2.05) is 0 Å². The number of carbonyl (C=O) groups is 2. The largest absolute Gasteiger partial charge is 0.462 e. The minimum Gasteiger partial charge on any atom is -0.462 e. The van der Waals surface area contributed by atoms with Gasteiger partial charge in [0.25, 0.3) is 0 Å². The third kappa shape index (κ3) is 48.0. The van der Waals surface area contributed by atoms with Gasteiger partial charge in [0.1, 0.15) is 6.61 Å². The van der Waals surface area contributed by atoms with Gasteiger partial charge in [-0.3, -0.25) is 9.59 Å². The first-order chi connectivity index (χ1) is 29.6. The second-order valence-electron chi connectivity index (χ2n) is 16.7. The molecule has 0 spiro atoms. The van der Waals surface area contributed by atoms with Gasteiger partial charge in [-0.05, 0) is 89.9 Å². The number of unbranched alkanes of at least 4 members (excludes halogenated alkanes) is 23. The van der Waals surface area contributed by atoms with E-state index in [1.165, 1.54) is 116 Å². The summed E-state index contributed by atoms with van der Waals surface area (Å²) in [6, 6.07) is 0. The molecule has 0 fully saturated rings. The monoisotopic (exact) mass is 837 g/mol. The third-order valence-electron chi connectivity index (χ3n) is 10.7. The van der Waals surface area contributed by atoms with Crippen LogP contribution in [0.4, 0.5) is 0 Å². The first-order valence-electron chi connectivity index (χ1n) is 25.5. The minimum atomic E-state index is -0.541. The van der Waals surface area contributed by atoms with E-state index >= 15 is 0 Å². The predicted molar refractivity (Wildman–Crippen MR) is 260 cm³/mol. The van der Waals surface area contributed by atoms with Gasteiger partial charge >= 0.3 is 11.9 Å². The van der Waals surface area contributed by atoms with Gasteiger partial charge in [-0.25, -0.2) is 0 Å². The Morgan fingerprint density at radius 2 is 0.750 bits per heavy atom. The first-order valence-corrected chi connectivity index (χ1v) is 25.5. The number of carbonyl (C=O) groups excluding carboxylic acids is 2. The fraction of sp³-hybridized carbons (Fsp3) is 0.745. The number of ether oxygens (including phenoxy) is 3. The zero-order chi connectivity index (χ0) is 43.5. The summed E-state index contributed by atoms with van der Waals surface area (Å²) in [7, 11) is 0. The van der Waals surface area contributed by atoms with E-state index in [-0.39, 0.29) is 25.2 Å². The van der Waals surface area contributed by atoms with E-state index in [9.17, 15) is 9.59 Å². The van der Waals surface area contributed by atoms with Crippen molar-refractivity contribution in [3.63, 3.8) is 0 Å². The van der Waals surface area contributed by atoms with Crippen LogP contribution in [0.25, 0.3) is 0 Å². The van der Waals surface area contributed by atoms with Crippen LogP contribution in [-0.2, 0) is 23.8 Å². The molecule has 60 heavy (non-hydrogen) atoms. The summed E-state index contributed by atoms with van der Waals surface area (Å²) in [6.07, 6.45) is 65.1. The minimum absolute atomic E-state index is 0.0747. The standard InChI is InChI=1S/C55H96O5/c1-4-7-10-13-15-17-19-21-23-25-27-29-31-33-35-37-39-41-44-47-50-58-51-53(60-55(57)49-46-42-12-9-6-3)52-59-54(56)48-45-43-40-38-36-34-32-30-28-26-24-22-20-18-16-14-11-8-5-2/h8,11,15-18,21-24,28,30,53H,4-7,9-10,12-14,19-20,25-27,29,31-52H2,1-3H3/b11-8-,17-15-,18-16-,23-21-,24-22-,30-28-. The molecule has 0 amide bonds. The van der Waals surface area contributed by atoms with Gasteiger partial charge < -0.3 is 14.2 Å². The van der Waals surface area contributed by atoms with E-state index in [4.69, 9.17) is 14.2 Å². The smallest absolute Gasteiger partial charge is 0.306 e. The molecule has 5 heteroatoms. The Bertz CT molecular complexity index is 1080. The molecule has 5 nitrogen and oxygen atoms in total. The van der Waals surface area contributed by atoms with Crippen molar-refractivity contribution in [1.82, 2.24) is 0 Å². The van der Waals surface area contributed by atoms with Gasteiger partial charge in [0, 0.05) is 19.4 Å². The molecule has 0 aromatic carbocycles. The maximum Gasteiger partial charge on any atom is 0.306 e. The van der Waals surface area contributed by atoms with Crippen molar-refractivity contribution in [2.24, 2.45) is 0 Å². The SMILES string of the molecule is CC/C=C\C/C=C\C/C=C\C/C=C\CCCCCCCCC(=O)OCC(COCCCCCCCCCCCC/C=C\C/C=C\CCCCC)OC(=O)CCCCCCC. The van der Waals surface area contributed by atoms with Crippen LogP contribution in [0.1, 0.15) is 239 Å². The van der Waals surface area contributed by atoms with E-state index in [2.05, 4.69) is 93.7 Å². The summed E-state index contributed by atoms with van der Waals surface area (Å²) in [6.45, 7) is 7.61. The summed E-state index contributed by atoms with van der Waals surface area (Å²) in [4.78, 5) is 25.1. The van der Waals surface area contributed by atoms with Crippen LogP contribution in [0, 0.1) is 0 Å². The van der Waals surface area contributed by atoms with Crippen LogP contribution >= 0.6 is 0 Å². The summed E-state index contributed by atoms with van der Waals surface area (Å²) in [5, 5.41) is 0. The van der Waals surface area contributed by atoms with E-state index in [0.717, 1.165) is 89.9 Å². The molecule has 0 aliphatic rings. The normalized spacial score (nSPS) is 12.8. The zero-order valence-electron chi connectivity index (χ0n) is 39.7. The lowest BCUT2D eigenvalue weighted by Crippen LogP contribution is -2.30. The van der Waals surface area contributed by atoms with Crippen molar-refractivity contribution in [1.29, 1.82) is 0 Å². The van der Waals surface area contributed by atoms with Gasteiger partial charge in [0.05, 0.1) is 6.61 Å². The van der Waals surface area contributed by atoms with Crippen molar-refractivity contribution >= 4 is 11.9 Å². The Labute approximate surface area is 372 Å². The first kappa shape index (κ1) is 57.3. The topological polar surface area (TPSA) is 61.8 Å². The van der Waals surface area contributed by atoms with Crippen molar-refractivity contribution in [3.8, 4) is 0 Å². The Kier molecular flexibility index (Phi) is 48.4. The second-order valence-corrected chi connectivity index (χ2v) is 16.7. The van der Waals surface area contributed by atoms with Crippen LogP contribution in [0.15, 0.2) is 72.9 Å². The highest BCUT2D eigenvalue weighted by Gasteiger charge is 2.17. The van der Waals surface area contributed by atoms with E-state index in [1.54, 1.807) is 0 Å². The maximum absolute atomic E-state index is 12.6. The highest BCUT2D eigenvalue weighted by atomic mass is 16.6. The lowest BCUT2D eigenvalue weighted by molar-refractivity contribution is -0.163. The van der Waals surface area contributed by atoms with Gasteiger partial charge in [-0.1, -0.05) is 209 Å². The van der Waals surface area contributed by atoms with Crippen molar-refractivity contribution in [2.45, 2.75) is 245 Å². The number of esters is 2. The van der Waals surface area contributed by atoms with Crippen molar-refractivity contribution in [2.75, 3.05) is 19.8 Å². The fourth-order valence-corrected chi connectivity index (χ4v) is 6.94. The molecule has 0 rings (SSSR count). The molecule has 0 heterocycles. The number of hydrogen-bond acceptors (Lipinski definition) is 5. The number of allylic oxidation sites excluding steroid dienone is 12. The van der Waals surface area contributed by atoms with Crippen LogP contribution < -0.4 is 0 Å². The van der Waals surface area contributed by atoms with Gasteiger partial charge in [-0.2, -0.15) is 0 Å². The summed E-state index contributed by atoms with van der Waals surface area (Å²) in [5.41, 5.74) is 0. The van der Waals surface area contributed by atoms with Crippen molar-refractivity contribution < 1.29 is 23.8 Å². The average Bonchev–Trinajstić information content (AvgIpc) is 3.25. The number of rotatable bonds is 46. The molecule has 0 aliphatic heterocycles. The molecule has 346 valence electrons. The van der Waals surface area contributed by atoms with Crippen molar-refractivity contribution in [3.05, 3.63) is 72.9 Å². The second kappa shape index (κ2) is 50.7. The van der Waals surface area contributed by atoms with E-state index < -0.39 is 6.10 Å². The van der Waals surface area contributed by atoms with E-state index in [0.29, 0.717) is 19.4 Å². The fourth-order valence-electron chi connectivity index (χ4n) is 6.94. The Hall–Kier alpha value is -2.66. The molecular weight excluding hydrogens is 741 g/mol. The van der Waals surface area contributed by atoms with Gasteiger partial charge in [0.15, 0.2) is 6.10 Å². The molecule has 0 aromatic rings. The Morgan fingerprint density at radius 3 is 1.23 bits per heavy atom. The van der Waals surface area contributed by atoms with Gasteiger partial charge in [0.2, 0.25) is 0 Å².